The van der Waals surface area contributed by atoms with Crippen LogP contribution >= 0.6 is 0 Å². The molecular weight excluding hydrogens is 200 g/mol. The molecule has 0 aromatic carbocycles. The fourth-order valence-electron chi connectivity index (χ4n) is 3.24. The van der Waals surface area contributed by atoms with Crippen molar-refractivity contribution in [3.8, 4) is 0 Å². The van der Waals surface area contributed by atoms with E-state index in [0.717, 1.165) is 19.7 Å². The highest BCUT2D eigenvalue weighted by atomic mass is 16.5. The summed E-state index contributed by atoms with van der Waals surface area (Å²) in [4.78, 5) is 2.43. The van der Waals surface area contributed by atoms with Crippen LogP contribution in [0.1, 0.15) is 39.5 Å². The normalized spacial score (nSPS) is 29.6. The summed E-state index contributed by atoms with van der Waals surface area (Å²) in [6.07, 6.45) is 5.14. The van der Waals surface area contributed by atoms with Crippen LogP contribution in [0.4, 0.5) is 0 Å². The summed E-state index contributed by atoms with van der Waals surface area (Å²) < 4.78 is 5.18. The van der Waals surface area contributed by atoms with Gasteiger partial charge in [-0.3, -0.25) is 4.90 Å². The van der Waals surface area contributed by atoms with Crippen molar-refractivity contribution in [3.05, 3.63) is 0 Å². The SMILES string of the molecule is COCCN(C)C1(CN)CCCCC1(C)C. The minimum Gasteiger partial charge on any atom is -0.383 e. The number of hydrogen-bond donors (Lipinski definition) is 1. The van der Waals surface area contributed by atoms with E-state index in [1.54, 1.807) is 7.11 Å². The Balaban J connectivity index is 2.80. The van der Waals surface area contributed by atoms with Crippen molar-refractivity contribution in [2.75, 3.05) is 33.9 Å². The lowest BCUT2D eigenvalue weighted by Crippen LogP contribution is -2.63. The zero-order valence-electron chi connectivity index (χ0n) is 11.4. The maximum Gasteiger partial charge on any atom is 0.0589 e. The van der Waals surface area contributed by atoms with Gasteiger partial charge in [0.2, 0.25) is 0 Å². The molecule has 0 aromatic heterocycles. The van der Waals surface area contributed by atoms with E-state index in [4.69, 9.17) is 10.5 Å². The van der Waals surface area contributed by atoms with Crippen molar-refractivity contribution in [3.63, 3.8) is 0 Å². The molecule has 0 spiro atoms. The van der Waals surface area contributed by atoms with Gasteiger partial charge < -0.3 is 10.5 Å². The molecule has 0 amide bonds. The first-order valence-electron chi connectivity index (χ1n) is 6.40. The maximum atomic E-state index is 6.10. The molecule has 3 heteroatoms. The van der Waals surface area contributed by atoms with Gasteiger partial charge in [-0.2, -0.15) is 0 Å². The topological polar surface area (TPSA) is 38.5 Å². The quantitative estimate of drug-likeness (QED) is 0.780. The average Bonchev–Trinajstić information content (AvgIpc) is 2.25. The van der Waals surface area contributed by atoms with Gasteiger partial charge in [-0.25, -0.2) is 0 Å². The number of nitrogens with two attached hydrogens (primary N) is 1. The van der Waals surface area contributed by atoms with Crippen LogP contribution < -0.4 is 5.73 Å². The van der Waals surface area contributed by atoms with E-state index in [0.29, 0.717) is 5.41 Å². The van der Waals surface area contributed by atoms with Gasteiger partial charge in [0.1, 0.15) is 0 Å². The molecule has 0 saturated heterocycles. The molecule has 1 saturated carbocycles. The summed E-state index contributed by atoms with van der Waals surface area (Å²) in [6, 6.07) is 0. The van der Waals surface area contributed by atoms with Crippen molar-refractivity contribution in [2.45, 2.75) is 45.1 Å². The Labute approximate surface area is 100 Å². The van der Waals surface area contributed by atoms with E-state index in [1.807, 2.05) is 0 Å². The molecule has 1 aliphatic carbocycles. The maximum absolute atomic E-state index is 6.10. The third-order valence-electron chi connectivity index (χ3n) is 4.60. The van der Waals surface area contributed by atoms with Crippen LogP contribution in [0, 0.1) is 5.41 Å². The van der Waals surface area contributed by atoms with Crippen molar-refractivity contribution < 1.29 is 4.74 Å². The van der Waals surface area contributed by atoms with Gasteiger partial charge in [0, 0.05) is 25.7 Å². The molecule has 1 fully saturated rings. The van der Waals surface area contributed by atoms with Crippen molar-refractivity contribution >= 4 is 0 Å². The van der Waals surface area contributed by atoms with Gasteiger partial charge in [0.25, 0.3) is 0 Å². The summed E-state index contributed by atoms with van der Waals surface area (Å²) in [6.45, 7) is 7.23. The summed E-state index contributed by atoms with van der Waals surface area (Å²) >= 11 is 0. The van der Waals surface area contributed by atoms with Gasteiger partial charge >= 0.3 is 0 Å². The smallest absolute Gasteiger partial charge is 0.0589 e. The fraction of sp³-hybridized carbons (Fsp3) is 1.00. The first-order chi connectivity index (χ1) is 7.50. The lowest BCUT2D eigenvalue weighted by atomic mass is 9.62. The van der Waals surface area contributed by atoms with Gasteiger partial charge in [-0.05, 0) is 25.3 Å². The zero-order chi connectivity index (χ0) is 12.2. The molecule has 0 bridgehead atoms. The summed E-state index contributed by atoms with van der Waals surface area (Å²) in [5, 5.41) is 0. The van der Waals surface area contributed by atoms with Crippen LogP contribution in [-0.4, -0.2) is 44.3 Å². The molecule has 1 unspecified atom stereocenters. The third-order valence-corrected chi connectivity index (χ3v) is 4.60. The standard InChI is InChI=1S/C13H28N2O/c1-12(2)7-5-6-8-13(12,11-14)15(3)9-10-16-4/h5-11,14H2,1-4H3. The van der Waals surface area contributed by atoms with Crippen molar-refractivity contribution in [2.24, 2.45) is 11.1 Å². The highest BCUT2D eigenvalue weighted by Gasteiger charge is 2.47. The molecule has 1 atom stereocenters. The Morgan fingerprint density at radius 1 is 1.25 bits per heavy atom. The Hall–Kier alpha value is -0.120. The number of hydrogen-bond acceptors (Lipinski definition) is 3. The molecular formula is C13H28N2O. The highest BCUT2D eigenvalue weighted by molar-refractivity contribution is 5.04. The van der Waals surface area contributed by atoms with E-state index in [-0.39, 0.29) is 5.54 Å². The zero-order valence-corrected chi connectivity index (χ0v) is 11.4. The molecule has 96 valence electrons. The van der Waals surface area contributed by atoms with E-state index in [1.165, 1.54) is 25.7 Å². The van der Waals surface area contributed by atoms with Crippen molar-refractivity contribution in [1.82, 2.24) is 4.90 Å². The largest absolute Gasteiger partial charge is 0.383 e. The van der Waals surface area contributed by atoms with Crippen LogP contribution in [-0.2, 0) is 4.74 Å². The number of likely N-dealkylation sites (N-methyl/N-ethyl adjacent to an activating group) is 1. The van der Waals surface area contributed by atoms with Crippen LogP contribution in [0.25, 0.3) is 0 Å². The molecule has 2 N–H and O–H groups in total. The minimum atomic E-state index is 0.157. The Morgan fingerprint density at radius 2 is 1.88 bits per heavy atom. The first kappa shape index (κ1) is 13.9. The third kappa shape index (κ3) is 2.41. The monoisotopic (exact) mass is 228 g/mol. The Kier molecular flexibility index (Phi) is 4.77. The van der Waals surface area contributed by atoms with Gasteiger partial charge in [-0.15, -0.1) is 0 Å². The molecule has 1 aliphatic rings. The molecule has 0 radical (unpaired) electrons. The number of rotatable bonds is 5. The Morgan fingerprint density at radius 3 is 2.38 bits per heavy atom. The molecule has 0 heterocycles. The molecule has 0 aliphatic heterocycles. The van der Waals surface area contributed by atoms with Gasteiger partial charge in [0.05, 0.1) is 6.61 Å². The van der Waals surface area contributed by atoms with Crippen LogP contribution in [0.5, 0.6) is 0 Å². The first-order valence-corrected chi connectivity index (χ1v) is 6.40. The van der Waals surface area contributed by atoms with Crippen LogP contribution in [0.2, 0.25) is 0 Å². The fourth-order valence-corrected chi connectivity index (χ4v) is 3.24. The average molecular weight is 228 g/mol. The van der Waals surface area contributed by atoms with E-state index >= 15 is 0 Å². The lowest BCUT2D eigenvalue weighted by molar-refractivity contribution is -0.0376. The molecule has 0 aromatic rings. The summed E-state index contributed by atoms with van der Waals surface area (Å²) in [5.74, 6) is 0. The second-order valence-electron chi connectivity index (χ2n) is 5.74. The summed E-state index contributed by atoms with van der Waals surface area (Å²) in [7, 11) is 3.95. The minimum absolute atomic E-state index is 0.157. The second-order valence-corrected chi connectivity index (χ2v) is 5.74. The number of ether oxygens (including phenoxy) is 1. The van der Waals surface area contributed by atoms with E-state index < -0.39 is 0 Å². The van der Waals surface area contributed by atoms with Gasteiger partial charge in [-0.1, -0.05) is 26.7 Å². The summed E-state index contributed by atoms with van der Waals surface area (Å²) in [5.41, 5.74) is 6.57. The number of methoxy groups -OCH3 is 1. The molecule has 1 rings (SSSR count). The van der Waals surface area contributed by atoms with Crippen molar-refractivity contribution in [1.29, 1.82) is 0 Å². The van der Waals surface area contributed by atoms with Gasteiger partial charge in [0.15, 0.2) is 0 Å². The van der Waals surface area contributed by atoms with E-state index in [2.05, 4.69) is 25.8 Å². The predicted molar refractivity (Wildman–Crippen MR) is 68.5 cm³/mol. The second kappa shape index (κ2) is 5.48. The lowest BCUT2D eigenvalue weighted by Gasteiger charge is -2.55. The number of nitrogens with zero attached hydrogens (tertiary/aromatic N) is 1. The van der Waals surface area contributed by atoms with E-state index in [9.17, 15) is 0 Å². The van der Waals surface area contributed by atoms with Crippen LogP contribution in [0.3, 0.4) is 0 Å². The molecule has 16 heavy (non-hydrogen) atoms. The Bertz CT molecular complexity index is 218. The molecule has 3 nitrogen and oxygen atoms in total. The predicted octanol–water partition coefficient (Wildman–Crippen LogP) is 1.86. The highest BCUT2D eigenvalue weighted by Crippen LogP contribution is 2.46. The van der Waals surface area contributed by atoms with Crippen LogP contribution in [0.15, 0.2) is 0 Å².